The second-order valence-corrected chi connectivity index (χ2v) is 9.25. The molecule has 5 aromatic carbocycles. The lowest BCUT2D eigenvalue weighted by Gasteiger charge is -2.17. The zero-order valence-corrected chi connectivity index (χ0v) is 20.9. The van der Waals surface area contributed by atoms with Gasteiger partial charge in [0.2, 0.25) is 0 Å². The summed E-state index contributed by atoms with van der Waals surface area (Å²) in [5.41, 5.74) is 4.59. The van der Waals surface area contributed by atoms with Crippen LogP contribution in [0.3, 0.4) is 0 Å². The van der Waals surface area contributed by atoms with Crippen molar-refractivity contribution in [2.24, 2.45) is 4.74 Å². The van der Waals surface area contributed by atoms with Gasteiger partial charge in [-0.15, -0.1) is 0 Å². The van der Waals surface area contributed by atoms with Crippen LogP contribution < -0.4 is 5.30 Å². The number of nitro benzene ring substituents is 2. The van der Waals surface area contributed by atoms with E-state index in [0.717, 1.165) is 27.6 Å². The van der Waals surface area contributed by atoms with Gasteiger partial charge in [-0.05, 0) is 34.9 Å². The third-order valence-electron chi connectivity index (χ3n) is 6.01. The fourth-order valence-corrected chi connectivity index (χ4v) is 5.18. The van der Waals surface area contributed by atoms with E-state index in [0.29, 0.717) is 25.2 Å². The summed E-state index contributed by atoms with van der Waals surface area (Å²) in [6, 6.07) is 36.0. The molecule has 0 bridgehead atoms. The number of nitrogens with zero attached hydrogens (tertiary/aromatic N) is 3. The van der Waals surface area contributed by atoms with Crippen LogP contribution in [0.15, 0.2) is 126 Å². The Bertz CT molecular complexity index is 1640. The summed E-state index contributed by atoms with van der Waals surface area (Å²) in [6.45, 7) is 0. The smallest absolute Gasteiger partial charge is 0.258 e. The highest BCUT2D eigenvalue weighted by Gasteiger charge is 2.28. The summed E-state index contributed by atoms with van der Waals surface area (Å²) in [4.78, 5) is 22.9. The molecule has 5 aromatic rings. The first-order valence-electron chi connectivity index (χ1n) is 11.7. The average molecular weight is 517 g/mol. The number of nitro groups is 2. The lowest BCUT2D eigenvalue weighted by molar-refractivity contribution is -0.384. The topological polar surface area (TPSA) is 98.6 Å². The maximum absolute atomic E-state index is 12.7. The molecule has 0 radical (unpaired) electrons. The minimum atomic E-state index is -0.455. The van der Waals surface area contributed by atoms with Crippen molar-refractivity contribution < 1.29 is 9.85 Å². The van der Waals surface area contributed by atoms with E-state index < -0.39 is 4.92 Å². The molecule has 5 rings (SSSR count). The van der Waals surface area contributed by atoms with Gasteiger partial charge < -0.3 is 0 Å². The zero-order valence-electron chi connectivity index (χ0n) is 20.0. The van der Waals surface area contributed by atoms with Gasteiger partial charge in [0.25, 0.3) is 11.4 Å². The minimum Gasteiger partial charge on any atom is -0.258 e. The van der Waals surface area contributed by atoms with Crippen LogP contribution in [0.25, 0.3) is 33.4 Å². The largest absolute Gasteiger partial charge is 0.285 e. The lowest BCUT2D eigenvalue weighted by Crippen LogP contribution is -2.07. The van der Waals surface area contributed by atoms with E-state index in [2.05, 4.69) is 4.74 Å². The van der Waals surface area contributed by atoms with Crippen molar-refractivity contribution in [3.63, 3.8) is 0 Å². The van der Waals surface area contributed by atoms with E-state index in [4.69, 9.17) is 0 Å². The molecule has 0 saturated heterocycles. The molecule has 0 spiro atoms. The van der Waals surface area contributed by atoms with E-state index in [9.17, 15) is 20.2 Å². The molecule has 0 unspecified atom stereocenters. The Morgan fingerprint density at radius 2 is 1.08 bits per heavy atom. The van der Waals surface area contributed by atoms with E-state index >= 15 is 0 Å². The van der Waals surface area contributed by atoms with Gasteiger partial charge >= 0.3 is 0 Å². The Kier molecular flexibility index (Phi) is 7.11. The van der Waals surface area contributed by atoms with Gasteiger partial charge in [-0.2, -0.15) is 0 Å². The van der Waals surface area contributed by atoms with Gasteiger partial charge in [0, 0.05) is 31.4 Å². The summed E-state index contributed by atoms with van der Waals surface area (Å²) in [7, 11) is 0.541. The molecule has 8 heteroatoms. The Morgan fingerprint density at radius 3 is 1.58 bits per heavy atom. The van der Waals surface area contributed by atoms with E-state index in [1.54, 1.807) is 12.1 Å². The minimum absolute atomic E-state index is 0.0151. The van der Waals surface area contributed by atoms with Crippen molar-refractivity contribution in [3.8, 4) is 33.4 Å². The van der Waals surface area contributed by atoms with Crippen LogP contribution in [0.5, 0.6) is 0 Å². The highest BCUT2D eigenvalue weighted by Crippen LogP contribution is 2.45. The van der Waals surface area contributed by atoms with E-state index in [1.807, 2.05) is 97.1 Å². The maximum Gasteiger partial charge on any atom is 0.285 e. The zero-order chi connectivity index (χ0) is 26.5. The van der Waals surface area contributed by atoms with Gasteiger partial charge in [-0.1, -0.05) is 91.0 Å². The van der Waals surface area contributed by atoms with Gasteiger partial charge in [0.15, 0.2) is 0 Å². The van der Waals surface area contributed by atoms with Crippen molar-refractivity contribution in [2.75, 3.05) is 0 Å². The SMILES string of the molecule is O=[N+]([O-])c1ccc(N=Pc2cc(-c3ccccc3)c([N+](=O)[O-])c(-c3ccccc3)c2-c2ccccc2)cc1. The molecule has 0 fully saturated rings. The molecule has 0 saturated carbocycles. The third kappa shape index (κ3) is 5.09. The summed E-state index contributed by atoms with van der Waals surface area (Å²) in [5, 5.41) is 24.5. The number of non-ortho nitro benzene ring substituents is 1. The summed E-state index contributed by atoms with van der Waals surface area (Å²) in [6.07, 6.45) is 0. The molecule has 7 nitrogen and oxygen atoms in total. The molecule has 0 aliphatic heterocycles. The number of rotatable bonds is 7. The van der Waals surface area contributed by atoms with Gasteiger partial charge in [-0.25, -0.2) is 4.74 Å². The molecule has 0 N–H and O–H groups in total. The summed E-state index contributed by atoms with van der Waals surface area (Å²) in [5.74, 6) is 0. The summed E-state index contributed by atoms with van der Waals surface area (Å²) >= 11 is 0. The van der Waals surface area contributed by atoms with Crippen molar-refractivity contribution in [1.29, 1.82) is 0 Å². The van der Waals surface area contributed by atoms with E-state index in [-0.39, 0.29) is 16.3 Å². The first kappa shape index (κ1) is 24.7. The molecule has 38 heavy (non-hydrogen) atoms. The first-order chi connectivity index (χ1) is 18.5. The molecule has 0 aliphatic carbocycles. The molecule has 0 atom stereocenters. The summed E-state index contributed by atoms with van der Waals surface area (Å²) < 4.78 is 4.69. The molecule has 0 heterocycles. The van der Waals surface area contributed by atoms with Gasteiger partial charge in [0.05, 0.1) is 26.7 Å². The van der Waals surface area contributed by atoms with Crippen molar-refractivity contribution in [1.82, 2.24) is 0 Å². The highest BCUT2D eigenvalue weighted by atomic mass is 31.1. The molecule has 0 amide bonds. The van der Waals surface area contributed by atoms with Gasteiger partial charge in [0.1, 0.15) is 0 Å². The van der Waals surface area contributed by atoms with E-state index in [1.165, 1.54) is 12.1 Å². The second-order valence-electron chi connectivity index (χ2n) is 8.37. The molecule has 0 aliphatic rings. The Labute approximate surface area is 220 Å². The monoisotopic (exact) mass is 517 g/mol. The average Bonchev–Trinajstić information content (AvgIpc) is 2.96. The van der Waals surface area contributed by atoms with Crippen molar-refractivity contribution in [2.45, 2.75) is 0 Å². The van der Waals surface area contributed by atoms with Crippen LogP contribution in [-0.4, -0.2) is 9.85 Å². The first-order valence-corrected chi connectivity index (χ1v) is 12.6. The maximum atomic E-state index is 12.7. The molecule has 184 valence electrons. The molecule has 0 aromatic heterocycles. The number of benzene rings is 5. The predicted molar refractivity (Wildman–Crippen MR) is 151 cm³/mol. The normalized spacial score (nSPS) is 10.9. The fourth-order valence-electron chi connectivity index (χ4n) is 4.30. The van der Waals surface area contributed by atoms with Crippen LogP contribution in [-0.2, 0) is 0 Å². The second kappa shape index (κ2) is 10.9. The Balaban J connectivity index is 1.83. The molecular weight excluding hydrogens is 497 g/mol. The Morgan fingerprint density at radius 1 is 0.579 bits per heavy atom. The lowest BCUT2D eigenvalue weighted by atomic mass is 9.88. The highest BCUT2D eigenvalue weighted by molar-refractivity contribution is 7.37. The number of hydrogen-bond donors (Lipinski definition) is 0. The van der Waals surface area contributed by atoms with Crippen LogP contribution in [0.1, 0.15) is 0 Å². The number of hydrogen-bond acceptors (Lipinski definition) is 5. The fraction of sp³-hybridized carbons (Fsp3) is 0. The van der Waals surface area contributed by atoms with Crippen molar-refractivity contribution >= 4 is 30.7 Å². The van der Waals surface area contributed by atoms with Crippen molar-refractivity contribution in [3.05, 3.63) is 142 Å². The van der Waals surface area contributed by atoms with Crippen LogP contribution in [0.2, 0.25) is 0 Å². The quantitative estimate of drug-likeness (QED) is 0.123. The van der Waals surface area contributed by atoms with Crippen LogP contribution in [0.4, 0.5) is 17.1 Å². The van der Waals surface area contributed by atoms with Crippen LogP contribution >= 0.6 is 8.37 Å². The standard InChI is InChI=1S/C30H20N3O4P/c34-32(35)25-18-16-24(17-19-25)31-38-27-20-26(21-10-4-1-5-11-21)30(33(36)37)29(23-14-8-3-9-15-23)28(27)22-12-6-2-7-13-22/h1-20H. The molecular formula is C30H20N3O4P. The predicted octanol–water partition coefficient (Wildman–Crippen LogP) is 8.59. The van der Waals surface area contributed by atoms with Crippen LogP contribution in [0, 0.1) is 20.2 Å². The Hall–Kier alpha value is -5.00. The third-order valence-corrected chi connectivity index (χ3v) is 6.90. The van der Waals surface area contributed by atoms with Gasteiger partial charge in [-0.3, -0.25) is 20.2 Å².